The molecule has 0 bridgehead atoms. The van der Waals surface area contributed by atoms with Gasteiger partial charge in [-0.3, -0.25) is 4.99 Å². The zero-order valence-electron chi connectivity index (χ0n) is 15.8. The molecule has 1 aliphatic rings. The van der Waals surface area contributed by atoms with Crippen molar-refractivity contribution < 1.29 is 14.6 Å². The molecule has 2 unspecified atom stereocenters. The molecule has 2 N–H and O–H groups in total. The highest BCUT2D eigenvalue weighted by atomic mass is 35.5. The molecular formula is C23H18Cl2N2O3. The normalized spacial score (nSPS) is 17.9. The first-order valence-corrected chi connectivity index (χ1v) is 10.1. The van der Waals surface area contributed by atoms with Gasteiger partial charge in [-0.1, -0.05) is 59.6 Å². The van der Waals surface area contributed by atoms with E-state index in [2.05, 4.69) is 5.32 Å². The molecule has 1 aliphatic heterocycles. The SMILES string of the molecule is O=C(O)COc1ccccc1C1=NC(c2ccc(Cl)cc2)C(c2ccc(Cl)cc2)N1. The van der Waals surface area contributed by atoms with Crippen LogP contribution in [0.25, 0.3) is 0 Å². The Morgan fingerprint density at radius 3 is 2.17 bits per heavy atom. The Bertz CT molecular complexity index is 1080. The minimum Gasteiger partial charge on any atom is -0.481 e. The zero-order valence-corrected chi connectivity index (χ0v) is 17.3. The molecule has 5 nitrogen and oxygen atoms in total. The van der Waals surface area contributed by atoms with E-state index in [9.17, 15) is 4.79 Å². The van der Waals surface area contributed by atoms with Gasteiger partial charge in [0, 0.05) is 10.0 Å². The molecule has 3 aromatic carbocycles. The van der Waals surface area contributed by atoms with Crippen molar-refractivity contribution in [3.05, 3.63) is 99.5 Å². The van der Waals surface area contributed by atoms with E-state index >= 15 is 0 Å². The average molecular weight is 441 g/mol. The number of carboxylic acids is 1. The van der Waals surface area contributed by atoms with Crippen LogP contribution >= 0.6 is 23.2 Å². The Hall–Kier alpha value is -3.02. The van der Waals surface area contributed by atoms with Crippen molar-refractivity contribution in [1.82, 2.24) is 5.32 Å². The molecule has 2 atom stereocenters. The van der Waals surface area contributed by atoms with E-state index in [1.807, 2.05) is 60.7 Å². The van der Waals surface area contributed by atoms with E-state index in [4.69, 9.17) is 38.0 Å². The monoisotopic (exact) mass is 440 g/mol. The lowest BCUT2D eigenvalue weighted by molar-refractivity contribution is -0.139. The Morgan fingerprint density at radius 2 is 1.53 bits per heavy atom. The fourth-order valence-corrected chi connectivity index (χ4v) is 3.67. The van der Waals surface area contributed by atoms with E-state index in [-0.39, 0.29) is 12.1 Å². The molecule has 0 aromatic heterocycles. The van der Waals surface area contributed by atoms with Gasteiger partial charge in [-0.2, -0.15) is 0 Å². The summed E-state index contributed by atoms with van der Waals surface area (Å²) in [6.45, 7) is -0.425. The number of carboxylic acid groups (broad SMARTS) is 1. The maximum Gasteiger partial charge on any atom is 0.341 e. The Morgan fingerprint density at radius 1 is 0.933 bits per heavy atom. The number of ether oxygens (including phenoxy) is 1. The summed E-state index contributed by atoms with van der Waals surface area (Å²) in [6.07, 6.45) is 0. The molecule has 0 saturated heterocycles. The standard InChI is InChI=1S/C23H18Cl2N2O3/c24-16-9-5-14(6-10-16)21-22(15-7-11-17(25)12-8-15)27-23(26-21)18-3-1-2-4-19(18)30-13-20(28)29/h1-12,21-22H,13H2,(H,26,27)(H,28,29). The first kappa shape index (κ1) is 20.3. The van der Waals surface area contributed by atoms with Crippen LogP contribution in [0.2, 0.25) is 10.0 Å². The van der Waals surface area contributed by atoms with Gasteiger partial charge in [0.1, 0.15) is 17.6 Å². The number of amidine groups is 1. The molecule has 7 heteroatoms. The van der Waals surface area contributed by atoms with Crippen LogP contribution in [-0.2, 0) is 4.79 Å². The molecule has 0 fully saturated rings. The van der Waals surface area contributed by atoms with E-state index in [1.165, 1.54) is 0 Å². The maximum atomic E-state index is 10.9. The second-order valence-electron chi connectivity index (χ2n) is 6.83. The summed E-state index contributed by atoms with van der Waals surface area (Å²) >= 11 is 12.1. The Kier molecular flexibility index (Phi) is 5.93. The molecule has 0 radical (unpaired) electrons. The second kappa shape index (κ2) is 8.78. The number of aliphatic carboxylic acids is 1. The molecule has 4 rings (SSSR count). The van der Waals surface area contributed by atoms with E-state index in [0.29, 0.717) is 27.2 Å². The number of hydrogen-bond donors (Lipinski definition) is 2. The van der Waals surface area contributed by atoms with E-state index < -0.39 is 12.6 Å². The van der Waals surface area contributed by atoms with Crippen molar-refractivity contribution in [2.24, 2.45) is 4.99 Å². The van der Waals surface area contributed by atoms with Gasteiger partial charge in [0.05, 0.1) is 11.6 Å². The zero-order chi connectivity index (χ0) is 21.1. The number of halogens is 2. The summed E-state index contributed by atoms with van der Waals surface area (Å²) in [5.41, 5.74) is 2.74. The third-order valence-corrected chi connectivity index (χ3v) is 5.31. The van der Waals surface area contributed by atoms with Crippen LogP contribution in [0.5, 0.6) is 5.75 Å². The van der Waals surface area contributed by atoms with Crippen LogP contribution in [0.3, 0.4) is 0 Å². The molecule has 152 valence electrons. The maximum absolute atomic E-state index is 10.9. The summed E-state index contributed by atoms with van der Waals surface area (Å²) in [6, 6.07) is 22.1. The highest BCUT2D eigenvalue weighted by Gasteiger charge is 2.32. The summed E-state index contributed by atoms with van der Waals surface area (Å²) in [7, 11) is 0. The predicted molar refractivity (Wildman–Crippen MR) is 118 cm³/mol. The number of nitrogens with zero attached hydrogens (tertiary/aromatic N) is 1. The largest absolute Gasteiger partial charge is 0.481 e. The third-order valence-electron chi connectivity index (χ3n) is 4.81. The van der Waals surface area contributed by atoms with Gasteiger partial charge in [-0.15, -0.1) is 0 Å². The van der Waals surface area contributed by atoms with Gasteiger partial charge in [-0.25, -0.2) is 4.79 Å². The molecule has 3 aromatic rings. The van der Waals surface area contributed by atoms with Gasteiger partial charge in [0.2, 0.25) is 0 Å². The Labute approximate surface area is 183 Å². The van der Waals surface area contributed by atoms with Crippen LogP contribution in [-0.4, -0.2) is 23.5 Å². The van der Waals surface area contributed by atoms with E-state index in [0.717, 1.165) is 11.1 Å². The van der Waals surface area contributed by atoms with E-state index in [1.54, 1.807) is 12.1 Å². The minimum absolute atomic E-state index is 0.133. The predicted octanol–water partition coefficient (Wildman–Crippen LogP) is 5.29. The highest BCUT2D eigenvalue weighted by Crippen LogP contribution is 2.38. The fourth-order valence-electron chi connectivity index (χ4n) is 3.41. The van der Waals surface area contributed by atoms with Gasteiger partial charge in [-0.05, 0) is 47.5 Å². The second-order valence-corrected chi connectivity index (χ2v) is 7.70. The molecule has 30 heavy (non-hydrogen) atoms. The van der Waals surface area contributed by atoms with Gasteiger partial charge in [0.25, 0.3) is 0 Å². The number of rotatable bonds is 6. The molecular weight excluding hydrogens is 423 g/mol. The summed E-state index contributed by atoms with van der Waals surface area (Å²) < 4.78 is 5.47. The quantitative estimate of drug-likeness (QED) is 0.546. The highest BCUT2D eigenvalue weighted by molar-refractivity contribution is 6.30. The number of nitrogens with one attached hydrogen (secondary N) is 1. The number of hydrogen-bond acceptors (Lipinski definition) is 4. The lowest BCUT2D eigenvalue weighted by Crippen LogP contribution is -2.25. The summed E-state index contributed by atoms with van der Waals surface area (Å²) in [4.78, 5) is 15.9. The number of benzene rings is 3. The van der Waals surface area contributed by atoms with Crippen LogP contribution in [0.15, 0.2) is 77.8 Å². The molecule has 1 heterocycles. The van der Waals surface area contributed by atoms with Gasteiger partial charge >= 0.3 is 5.97 Å². The average Bonchev–Trinajstić information content (AvgIpc) is 3.19. The topological polar surface area (TPSA) is 70.9 Å². The van der Waals surface area contributed by atoms with Crippen LogP contribution in [0, 0.1) is 0 Å². The van der Waals surface area contributed by atoms with Gasteiger partial charge < -0.3 is 15.2 Å². The van der Waals surface area contributed by atoms with Crippen molar-refractivity contribution >= 4 is 35.0 Å². The van der Waals surface area contributed by atoms with Crippen LogP contribution < -0.4 is 10.1 Å². The van der Waals surface area contributed by atoms with Gasteiger partial charge in [0.15, 0.2) is 6.61 Å². The van der Waals surface area contributed by atoms with Crippen molar-refractivity contribution in [2.75, 3.05) is 6.61 Å². The number of aliphatic imine (C=N–C) groups is 1. The molecule has 0 saturated carbocycles. The van der Waals surface area contributed by atoms with Crippen molar-refractivity contribution in [2.45, 2.75) is 12.1 Å². The lowest BCUT2D eigenvalue weighted by atomic mass is 9.95. The summed E-state index contributed by atoms with van der Waals surface area (Å²) in [5.74, 6) is 0.0536. The lowest BCUT2D eigenvalue weighted by Gasteiger charge is -2.20. The molecule has 0 aliphatic carbocycles. The van der Waals surface area contributed by atoms with Crippen LogP contribution in [0.1, 0.15) is 28.8 Å². The Balaban J connectivity index is 1.73. The number of carbonyl (C=O) groups is 1. The molecule has 0 spiro atoms. The van der Waals surface area contributed by atoms with Crippen molar-refractivity contribution in [3.8, 4) is 5.75 Å². The fraction of sp³-hybridized carbons (Fsp3) is 0.130. The minimum atomic E-state index is -1.04. The summed E-state index contributed by atoms with van der Waals surface area (Å²) in [5, 5.41) is 13.8. The number of para-hydroxylation sites is 1. The smallest absolute Gasteiger partial charge is 0.341 e. The molecule has 0 amide bonds. The first-order chi connectivity index (χ1) is 14.5. The third kappa shape index (κ3) is 4.42. The first-order valence-electron chi connectivity index (χ1n) is 9.30. The van der Waals surface area contributed by atoms with Crippen molar-refractivity contribution in [1.29, 1.82) is 0 Å². The van der Waals surface area contributed by atoms with Crippen molar-refractivity contribution in [3.63, 3.8) is 0 Å². The van der Waals surface area contributed by atoms with Crippen LogP contribution in [0.4, 0.5) is 0 Å².